The Balaban J connectivity index is 2.85. The van der Waals surface area contributed by atoms with E-state index < -0.39 is 0 Å². The summed E-state index contributed by atoms with van der Waals surface area (Å²) in [6.45, 7) is 8.67. The number of aromatic nitrogens is 2. The van der Waals surface area contributed by atoms with E-state index in [1.807, 2.05) is 6.20 Å². The number of nitrogen functional groups attached to an aromatic ring is 1. The molecule has 0 radical (unpaired) electrons. The number of hydrogen-bond acceptors (Lipinski definition) is 3. The van der Waals surface area contributed by atoms with Gasteiger partial charge in [-0.15, -0.1) is 0 Å². The van der Waals surface area contributed by atoms with Gasteiger partial charge in [0, 0.05) is 17.3 Å². The van der Waals surface area contributed by atoms with Gasteiger partial charge in [0.25, 0.3) is 0 Å². The fourth-order valence-electron chi connectivity index (χ4n) is 2.14. The fourth-order valence-corrected chi connectivity index (χ4v) is 2.14. The third-order valence-corrected chi connectivity index (χ3v) is 3.14. The maximum atomic E-state index is 6.21. The second-order valence-corrected chi connectivity index (χ2v) is 5.06. The maximum absolute atomic E-state index is 6.21. The number of fused-ring (bicyclic) bond motifs is 1. The van der Waals surface area contributed by atoms with E-state index >= 15 is 0 Å². The van der Waals surface area contributed by atoms with Crippen LogP contribution in [0.4, 0.5) is 5.69 Å². The number of nitrogens with two attached hydrogens (primary N) is 1. The van der Waals surface area contributed by atoms with Crippen molar-refractivity contribution < 1.29 is 0 Å². The summed E-state index contributed by atoms with van der Waals surface area (Å²) in [4.78, 5) is 8.46. The molecular weight excluding hydrogens is 210 g/mol. The third kappa shape index (κ3) is 1.97. The Morgan fingerprint density at radius 3 is 2.29 bits per heavy atom. The van der Waals surface area contributed by atoms with E-state index in [4.69, 9.17) is 5.73 Å². The maximum Gasteiger partial charge on any atom is 0.116 e. The zero-order valence-electron chi connectivity index (χ0n) is 10.9. The molecule has 0 saturated carbocycles. The lowest BCUT2D eigenvalue weighted by Crippen LogP contribution is -2.03. The van der Waals surface area contributed by atoms with E-state index in [2.05, 4.69) is 43.7 Å². The first-order valence-electron chi connectivity index (χ1n) is 6.04. The molecule has 2 aromatic rings. The Hall–Kier alpha value is -1.64. The van der Waals surface area contributed by atoms with Crippen LogP contribution >= 0.6 is 0 Å². The van der Waals surface area contributed by atoms with E-state index in [1.54, 1.807) is 6.33 Å². The van der Waals surface area contributed by atoms with Gasteiger partial charge in [-0.25, -0.2) is 9.97 Å². The van der Waals surface area contributed by atoms with Crippen molar-refractivity contribution in [3.8, 4) is 0 Å². The molecule has 90 valence electrons. The highest BCUT2D eigenvalue weighted by Crippen LogP contribution is 2.34. The average Bonchev–Trinajstić information content (AvgIpc) is 2.29. The quantitative estimate of drug-likeness (QED) is 0.802. The smallest absolute Gasteiger partial charge is 0.116 e. The van der Waals surface area contributed by atoms with E-state index in [0.717, 1.165) is 16.6 Å². The number of hydrogen-bond donors (Lipinski definition) is 1. The Kier molecular flexibility index (Phi) is 3.01. The second kappa shape index (κ2) is 4.32. The monoisotopic (exact) mass is 229 g/mol. The molecule has 0 aliphatic rings. The molecule has 2 N–H and O–H groups in total. The Morgan fingerprint density at radius 2 is 1.71 bits per heavy atom. The first-order valence-corrected chi connectivity index (χ1v) is 6.04. The zero-order chi connectivity index (χ0) is 12.6. The number of rotatable bonds is 2. The van der Waals surface area contributed by atoms with E-state index in [1.165, 1.54) is 11.1 Å². The van der Waals surface area contributed by atoms with Crippen molar-refractivity contribution in [1.82, 2.24) is 9.97 Å². The predicted octanol–water partition coefficient (Wildman–Crippen LogP) is 3.46. The van der Waals surface area contributed by atoms with Crippen LogP contribution in [0.2, 0.25) is 0 Å². The Bertz CT molecular complexity index is 544. The highest BCUT2D eigenvalue weighted by molar-refractivity contribution is 5.94. The molecule has 3 heteroatoms. The number of benzene rings is 1. The van der Waals surface area contributed by atoms with Gasteiger partial charge in [-0.05, 0) is 23.0 Å². The highest BCUT2D eigenvalue weighted by Gasteiger charge is 2.14. The van der Waals surface area contributed by atoms with Crippen LogP contribution in [-0.4, -0.2) is 9.97 Å². The number of anilines is 1. The minimum Gasteiger partial charge on any atom is -0.398 e. The van der Waals surface area contributed by atoms with Gasteiger partial charge in [-0.1, -0.05) is 33.8 Å². The van der Waals surface area contributed by atoms with Gasteiger partial charge in [0.2, 0.25) is 0 Å². The van der Waals surface area contributed by atoms with Gasteiger partial charge in [-0.3, -0.25) is 0 Å². The lowest BCUT2D eigenvalue weighted by atomic mass is 9.91. The molecule has 17 heavy (non-hydrogen) atoms. The van der Waals surface area contributed by atoms with Gasteiger partial charge >= 0.3 is 0 Å². The minimum absolute atomic E-state index is 0.414. The first kappa shape index (κ1) is 11.8. The summed E-state index contributed by atoms with van der Waals surface area (Å²) in [6.07, 6.45) is 3.40. The largest absolute Gasteiger partial charge is 0.398 e. The van der Waals surface area contributed by atoms with Crippen molar-refractivity contribution in [3.63, 3.8) is 0 Å². The molecule has 3 nitrogen and oxygen atoms in total. The molecule has 0 bridgehead atoms. The molecule has 0 fully saturated rings. The third-order valence-electron chi connectivity index (χ3n) is 3.14. The van der Waals surface area contributed by atoms with Crippen molar-refractivity contribution in [2.24, 2.45) is 0 Å². The van der Waals surface area contributed by atoms with Crippen LogP contribution in [0.25, 0.3) is 10.9 Å². The van der Waals surface area contributed by atoms with E-state index in [9.17, 15) is 0 Å². The van der Waals surface area contributed by atoms with Crippen LogP contribution in [0.1, 0.15) is 50.7 Å². The van der Waals surface area contributed by atoms with Crippen LogP contribution < -0.4 is 5.73 Å². The molecule has 0 atom stereocenters. The van der Waals surface area contributed by atoms with Crippen LogP contribution in [0.5, 0.6) is 0 Å². The van der Waals surface area contributed by atoms with Gasteiger partial charge in [0.1, 0.15) is 6.33 Å². The summed E-state index contributed by atoms with van der Waals surface area (Å²) in [6, 6.07) is 2.19. The van der Waals surface area contributed by atoms with Crippen molar-refractivity contribution in [1.29, 1.82) is 0 Å². The zero-order valence-corrected chi connectivity index (χ0v) is 10.9. The Morgan fingerprint density at radius 1 is 1.06 bits per heavy atom. The molecule has 0 aliphatic carbocycles. The molecule has 0 aliphatic heterocycles. The summed E-state index contributed by atoms with van der Waals surface area (Å²) >= 11 is 0. The fraction of sp³-hybridized carbons (Fsp3) is 0.429. The van der Waals surface area contributed by atoms with Gasteiger partial charge in [0.15, 0.2) is 0 Å². The first-order chi connectivity index (χ1) is 8.02. The average molecular weight is 229 g/mol. The van der Waals surface area contributed by atoms with Crippen molar-refractivity contribution in [3.05, 3.63) is 29.7 Å². The van der Waals surface area contributed by atoms with Crippen molar-refractivity contribution in [2.45, 2.75) is 39.5 Å². The van der Waals surface area contributed by atoms with Crippen molar-refractivity contribution >= 4 is 16.6 Å². The molecule has 1 aromatic carbocycles. The van der Waals surface area contributed by atoms with Crippen LogP contribution in [-0.2, 0) is 0 Å². The van der Waals surface area contributed by atoms with Crippen LogP contribution in [0, 0.1) is 0 Å². The lowest BCUT2D eigenvalue weighted by molar-refractivity contribution is 0.841. The predicted molar refractivity (Wildman–Crippen MR) is 72.1 cm³/mol. The normalized spacial score (nSPS) is 11.6. The van der Waals surface area contributed by atoms with Gasteiger partial charge in [0.05, 0.1) is 5.52 Å². The molecular formula is C14H19N3. The Labute approximate surface area is 102 Å². The molecule has 1 heterocycles. The van der Waals surface area contributed by atoms with Crippen molar-refractivity contribution in [2.75, 3.05) is 5.73 Å². The lowest BCUT2D eigenvalue weighted by Gasteiger charge is -2.17. The highest BCUT2D eigenvalue weighted by atomic mass is 14.8. The molecule has 0 unspecified atom stereocenters. The molecule has 1 aromatic heterocycles. The number of nitrogens with zero attached hydrogens (tertiary/aromatic N) is 2. The van der Waals surface area contributed by atoms with Gasteiger partial charge < -0.3 is 5.73 Å². The summed E-state index contributed by atoms with van der Waals surface area (Å²) in [7, 11) is 0. The SMILES string of the molecule is CC(C)c1cc(C(C)C)c2ncncc2c1N. The summed E-state index contributed by atoms with van der Waals surface area (Å²) < 4.78 is 0. The standard InChI is InChI=1S/C14H19N3/c1-8(2)10-5-11(9(3)4)14-12(13(10)15)6-16-7-17-14/h5-9H,15H2,1-4H3. The van der Waals surface area contributed by atoms with Gasteiger partial charge in [-0.2, -0.15) is 0 Å². The summed E-state index contributed by atoms with van der Waals surface area (Å²) in [5, 5.41) is 0.974. The van der Waals surface area contributed by atoms with Crippen LogP contribution in [0.3, 0.4) is 0 Å². The topological polar surface area (TPSA) is 51.8 Å². The second-order valence-electron chi connectivity index (χ2n) is 5.06. The molecule has 0 saturated heterocycles. The molecule has 0 spiro atoms. The molecule has 2 rings (SSSR count). The summed E-state index contributed by atoms with van der Waals surface area (Å²) in [5.74, 6) is 0.850. The minimum atomic E-state index is 0.414. The summed E-state index contributed by atoms with van der Waals surface area (Å²) in [5.41, 5.74) is 10.5. The van der Waals surface area contributed by atoms with E-state index in [0.29, 0.717) is 11.8 Å². The van der Waals surface area contributed by atoms with Crippen LogP contribution in [0.15, 0.2) is 18.6 Å². The van der Waals surface area contributed by atoms with E-state index in [-0.39, 0.29) is 0 Å². The molecule has 0 amide bonds.